The van der Waals surface area contributed by atoms with E-state index in [1.807, 2.05) is 6.92 Å². The minimum Gasteiger partial charge on any atom is -0.360 e. The fraction of sp³-hybridized carbons (Fsp3) is 0.250. The monoisotopic (exact) mass is 357 g/mol. The Kier molecular flexibility index (Phi) is 4.11. The summed E-state index contributed by atoms with van der Waals surface area (Å²) < 4.78 is 2.39. The van der Waals surface area contributed by atoms with Crippen LogP contribution in [0.3, 0.4) is 0 Å². The molecule has 0 saturated carbocycles. The number of benzene rings is 2. The van der Waals surface area contributed by atoms with E-state index >= 15 is 0 Å². The summed E-state index contributed by atoms with van der Waals surface area (Å²) >= 11 is 0. The SMILES string of the molecule is C=C(C)Nc1ccc2c(c1)C(=C)N(c1ccc3c(c1)cc(C)n3C(C)C)C2. The van der Waals surface area contributed by atoms with Gasteiger partial charge in [0.15, 0.2) is 0 Å². The van der Waals surface area contributed by atoms with Gasteiger partial charge in [0.1, 0.15) is 0 Å². The number of nitrogens with one attached hydrogen (secondary N) is 1. The van der Waals surface area contributed by atoms with Crippen LogP contribution in [0, 0.1) is 6.92 Å². The van der Waals surface area contributed by atoms with Gasteiger partial charge in [-0.1, -0.05) is 19.2 Å². The van der Waals surface area contributed by atoms with Crippen molar-refractivity contribution >= 4 is 28.0 Å². The van der Waals surface area contributed by atoms with Crippen LogP contribution in [0.4, 0.5) is 11.4 Å². The number of aryl methyl sites for hydroxylation is 1. The molecule has 0 amide bonds. The molecule has 2 heterocycles. The number of aromatic nitrogens is 1. The lowest BCUT2D eigenvalue weighted by Gasteiger charge is -2.20. The predicted octanol–water partition coefficient (Wildman–Crippen LogP) is 6.47. The van der Waals surface area contributed by atoms with Crippen LogP contribution < -0.4 is 10.2 Å². The number of hydrogen-bond donors (Lipinski definition) is 1. The second-order valence-corrected chi connectivity index (χ2v) is 7.80. The molecule has 0 bridgehead atoms. The summed E-state index contributed by atoms with van der Waals surface area (Å²) in [4.78, 5) is 2.30. The third kappa shape index (κ3) is 2.93. The summed E-state index contributed by atoms with van der Waals surface area (Å²) in [5.74, 6) is 0. The first kappa shape index (κ1) is 17.5. The Hall–Kier alpha value is -2.94. The highest BCUT2D eigenvalue weighted by Crippen LogP contribution is 2.38. The van der Waals surface area contributed by atoms with Crippen molar-refractivity contribution in [2.45, 2.75) is 40.3 Å². The van der Waals surface area contributed by atoms with Crippen molar-refractivity contribution in [3.8, 4) is 0 Å². The Labute approximate surface area is 161 Å². The maximum absolute atomic E-state index is 4.38. The second-order valence-electron chi connectivity index (χ2n) is 7.80. The van der Waals surface area contributed by atoms with Gasteiger partial charge in [0.25, 0.3) is 0 Å². The van der Waals surface area contributed by atoms with Crippen molar-refractivity contribution in [1.82, 2.24) is 4.57 Å². The molecule has 0 atom stereocenters. The van der Waals surface area contributed by atoms with Gasteiger partial charge in [0.2, 0.25) is 0 Å². The van der Waals surface area contributed by atoms with E-state index in [-0.39, 0.29) is 0 Å². The van der Waals surface area contributed by atoms with Crippen molar-refractivity contribution < 1.29 is 0 Å². The highest BCUT2D eigenvalue weighted by atomic mass is 15.2. The summed E-state index contributed by atoms with van der Waals surface area (Å²) in [5.41, 5.74) is 9.35. The zero-order chi connectivity index (χ0) is 19.3. The van der Waals surface area contributed by atoms with Gasteiger partial charge in [-0.2, -0.15) is 0 Å². The zero-order valence-electron chi connectivity index (χ0n) is 16.6. The summed E-state index contributed by atoms with van der Waals surface area (Å²) in [6.07, 6.45) is 0. The maximum atomic E-state index is 4.38. The Morgan fingerprint density at radius 2 is 1.89 bits per heavy atom. The van der Waals surface area contributed by atoms with Crippen molar-refractivity contribution in [3.05, 3.63) is 78.1 Å². The molecule has 1 N–H and O–H groups in total. The Morgan fingerprint density at radius 3 is 2.59 bits per heavy atom. The largest absolute Gasteiger partial charge is 0.360 e. The van der Waals surface area contributed by atoms with Gasteiger partial charge < -0.3 is 14.8 Å². The summed E-state index contributed by atoms with van der Waals surface area (Å²) in [5, 5.41) is 4.58. The van der Waals surface area contributed by atoms with Crippen LogP contribution in [-0.4, -0.2) is 4.57 Å². The molecule has 1 aromatic heterocycles. The van der Waals surface area contributed by atoms with E-state index in [4.69, 9.17) is 0 Å². The molecule has 0 unspecified atom stereocenters. The lowest BCUT2D eigenvalue weighted by molar-refractivity contribution is 0.608. The molecule has 3 heteroatoms. The summed E-state index contributed by atoms with van der Waals surface area (Å²) in [6, 6.07) is 15.9. The van der Waals surface area contributed by atoms with E-state index in [0.29, 0.717) is 6.04 Å². The van der Waals surface area contributed by atoms with E-state index in [0.717, 1.165) is 23.6 Å². The van der Waals surface area contributed by atoms with Gasteiger partial charge in [0.05, 0.1) is 0 Å². The van der Waals surface area contributed by atoms with Gasteiger partial charge in [-0.05, 0) is 69.7 Å². The topological polar surface area (TPSA) is 20.2 Å². The van der Waals surface area contributed by atoms with Crippen LogP contribution in [0.25, 0.3) is 16.6 Å². The molecule has 3 aromatic rings. The highest BCUT2D eigenvalue weighted by Gasteiger charge is 2.24. The van der Waals surface area contributed by atoms with Crippen LogP contribution in [0.2, 0.25) is 0 Å². The van der Waals surface area contributed by atoms with Gasteiger partial charge in [-0.15, -0.1) is 0 Å². The molecule has 0 saturated heterocycles. The molecule has 1 aliphatic heterocycles. The van der Waals surface area contributed by atoms with Crippen molar-refractivity contribution in [1.29, 1.82) is 0 Å². The fourth-order valence-corrected chi connectivity index (χ4v) is 4.18. The molecule has 4 rings (SSSR count). The van der Waals surface area contributed by atoms with Gasteiger partial charge in [-0.3, -0.25) is 0 Å². The van der Waals surface area contributed by atoms with Crippen molar-refractivity contribution in [3.63, 3.8) is 0 Å². The van der Waals surface area contributed by atoms with Crippen LogP contribution in [0.15, 0.2) is 61.3 Å². The van der Waals surface area contributed by atoms with E-state index in [1.54, 1.807) is 0 Å². The number of fused-ring (bicyclic) bond motifs is 2. The molecule has 0 spiro atoms. The molecule has 0 aliphatic carbocycles. The third-order valence-electron chi connectivity index (χ3n) is 5.28. The first-order valence-corrected chi connectivity index (χ1v) is 9.49. The smallest absolute Gasteiger partial charge is 0.0488 e. The van der Waals surface area contributed by atoms with Crippen LogP contribution in [-0.2, 0) is 6.54 Å². The molecule has 2 aromatic carbocycles. The highest BCUT2D eigenvalue weighted by molar-refractivity contribution is 5.90. The molecule has 27 heavy (non-hydrogen) atoms. The van der Waals surface area contributed by atoms with Gasteiger partial charge in [-0.25, -0.2) is 0 Å². The molecule has 0 radical (unpaired) electrons. The first-order chi connectivity index (χ1) is 12.8. The maximum Gasteiger partial charge on any atom is 0.0488 e. The lowest BCUT2D eigenvalue weighted by atomic mass is 10.1. The van der Waals surface area contributed by atoms with E-state index < -0.39 is 0 Å². The van der Waals surface area contributed by atoms with Crippen molar-refractivity contribution in [2.75, 3.05) is 10.2 Å². The number of anilines is 2. The second kappa shape index (κ2) is 6.34. The summed E-state index contributed by atoms with van der Waals surface area (Å²) in [7, 11) is 0. The predicted molar refractivity (Wildman–Crippen MR) is 117 cm³/mol. The number of rotatable bonds is 4. The van der Waals surface area contributed by atoms with Gasteiger partial charge in [0, 0.05) is 57.5 Å². The molecule has 3 nitrogen and oxygen atoms in total. The normalized spacial score (nSPS) is 13.5. The molecular formula is C24H27N3. The van der Waals surface area contributed by atoms with E-state index in [2.05, 4.69) is 91.2 Å². The Morgan fingerprint density at radius 1 is 1.11 bits per heavy atom. The average Bonchev–Trinajstić information content (AvgIpc) is 3.10. The molecule has 1 aliphatic rings. The standard InChI is InChI=1S/C24H27N3/c1-15(2)25-21-8-7-19-14-26(18(6)23(19)13-21)22-9-10-24-20(12-22)11-17(5)27(24)16(3)4/h7-13,16,25H,1,6,14H2,2-5H3. The minimum absolute atomic E-state index is 0.457. The van der Waals surface area contributed by atoms with Crippen LogP contribution >= 0.6 is 0 Å². The number of nitrogens with zero attached hydrogens (tertiary/aromatic N) is 2. The van der Waals surface area contributed by atoms with Crippen molar-refractivity contribution in [2.24, 2.45) is 0 Å². The Balaban J connectivity index is 1.70. The van der Waals surface area contributed by atoms with E-state index in [9.17, 15) is 0 Å². The van der Waals surface area contributed by atoms with Gasteiger partial charge >= 0.3 is 0 Å². The fourth-order valence-electron chi connectivity index (χ4n) is 4.18. The van der Waals surface area contributed by atoms with Crippen LogP contribution in [0.5, 0.6) is 0 Å². The van der Waals surface area contributed by atoms with Crippen LogP contribution in [0.1, 0.15) is 43.6 Å². The molecule has 138 valence electrons. The summed E-state index contributed by atoms with van der Waals surface area (Å²) in [6.45, 7) is 17.8. The first-order valence-electron chi connectivity index (χ1n) is 9.49. The minimum atomic E-state index is 0.457. The number of allylic oxidation sites excluding steroid dienone is 1. The van der Waals surface area contributed by atoms with E-state index in [1.165, 1.54) is 33.4 Å². The lowest BCUT2D eigenvalue weighted by Crippen LogP contribution is -2.12. The quantitative estimate of drug-likeness (QED) is 0.577. The third-order valence-corrected chi connectivity index (χ3v) is 5.28. The Bertz CT molecular complexity index is 1070. The zero-order valence-corrected chi connectivity index (χ0v) is 16.6. The number of hydrogen-bond acceptors (Lipinski definition) is 2. The average molecular weight is 358 g/mol. The molecule has 0 fully saturated rings. The molecular weight excluding hydrogens is 330 g/mol.